The van der Waals surface area contributed by atoms with Crippen molar-refractivity contribution in [1.29, 1.82) is 0 Å². The monoisotopic (exact) mass is 367 g/mol. The number of benzene rings is 2. The number of halogens is 3. The van der Waals surface area contributed by atoms with Gasteiger partial charge in [-0.1, -0.05) is 18.2 Å². The van der Waals surface area contributed by atoms with Crippen LogP contribution in [0.2, 0.25) is 0 Å². The molecule has 0 amide bonds. The zero-order valence-electron chi connectivity index (χ0n) is 14.4. The van der Waals surface area contributed by atoms with Crippen molar-refractivity contribution in [1.82, 2.24) is 10.6 Å². The van der Waals surface area contributed by atoms with Gasteiger partial charge in [-0.05, 0) is 29.8 Å². The summed E-state index contributed by atoms with van der Waals surface area (Å²) in [6.07, 6.45) is 0. The van der Waals surface area contributed by atoms with Gasteiger partial charge in [-0.25, -0.2) is 4.39 Å². The quantitative estimate of drug-likeness (QED) is 0.582. The van der Waals surface area contributed by atoms with E-state index in [1.165, 1.54) is 18.2 Å². The largest absolute Gasteiger partial charge is 0.497 e. The van der Waals surface area contributed by atoms with Crippen LogP contribution in [0.4, 0.5) is 13.2 Å². The molecule has 0 aromatic heterocycles. The minimum absolute atomic E-state index is 0.000183. The third-order valence-corrected chi connectivity index (χ3v) is 3.57. The standard InChI is InChI=1S/C18H20F3N3O2/c1-22-18(23-10-12-6-8-13(25-2)9-7-12)24-11-14-15(19)4-3-5-16(14)26-17(20)21/h3-9,17H,10-11H2,1-2H3,(H2,22,23,24). The number of nitrogens with zero attached hydrogens (tertiary/aromatic N) is 1. The number of guanidine groups is 1. The highest BCUT2D eigenvalue weighted by Crippen LogP contribution is 2.23. The Morgan fingerprint density at radius 3 is 2.38 bits per heavy atom. The van der Waals surface area contributed by atoms with E-state index in [2.05, 4.69) is 20.4 Å². The number of methoxy groups -OCH3 is 1. The molecule has 26 heavy (non-hydrogen) atoms. The maximum Gasteiger partial charge on any atom is 0.387 e. The summed E-state index contributed by atoms with van der Waals surface area (Å²) < 4.78 is 48.3. The fraction of sp³-hybridized carbons (Fsp3) is 0.278. The number of nitrogens with one attached hydrogen (secondary N) is 2. The average Bonchev–Trinajstić information content (AvgIpc) is 2.63. The number of aliphatic imine (C=N–C) groups is 1. The Kier molecular flexibility index (Phi) is 7.13. The minimum Gasteiger partial charge on any atom is -0.497 e. The van der Waals surface area contributed by atoms with Crippen LogP contribution in [0.5, 0.6) is 11.5 Å². The molecule has 0 atom stereocenters. The van der Waals surface area contributed by atoms with Crippen molar-refractivity contribution < 1.29 is 22.6 Å². The molecule has 2 rings (SSSR count). The van der Waals surface area contributed by atoms with Gasteiger partial charge in [0.15, 0.2) is 5.96 Å². The van der Waals surface area contributed by atoms with Crippen LogP contribution in [0.15, 0.2) is 47.5 Å². The normalized spacial score (nSPS) is 11.4. The lowest BCUT2D eigenvalue weighted by Crippen LogP contribution is -2.36. The van der Waals surface area contributed by atoms with Crippen LogP contribution in [0.3, 0.4) is 0 Å². The number of hydrogen-bond donors (Lipinski definition) is 2. The van der Waals surface area contributed by atoms with Crippen molar-refractivity contribution in [3.8, 4) is 11.5 Å². The van der Waals surface area contributed by atoms with Crippen molar-refractivity contribution in [3.05, 3.63) is 59.4 Å². The van der Waals surface area contributed by atoms with E-state index in [1.807, 2.05) is 24.3 Å². The first-order valence-corrected chi connectivity index (χ1v) is 7.83. The zero-order valence-corrected chi connectivity index (χ0v) is 14.4. The Morgan fingerprint density at radius 1 is 1.08 bits per heavy atom. The van der Waals surface area contributed by atoms with Crippen LogP contribution in [0.25, 0.3) is 0 Å². The summed E-state index contributed by atoms with van der Waals surface area (Å²) in [6, 6.07) is 11.2. The number of alkyl halides is 2. The Bertz CT molecular complexity index is 737. The molecule has 0 heterocycles. The van der Waals surface area contributed by atoms with E-state index in [-0.39, 0.29) is 17.9 Å². The van der Waals surface area contributed by atoms with Crippen LogP contribution < -0.4 is 20.1 Å². The van der Waals surface area contributed by atoms with Crippen molar-refractivity contribution in [2.45, 2.75) is 19.7 Å². The van der Waals surface area contributed by atoms with Crippen molar-refractivity contribution >= 4 is 5.96 Å². The first-order valence-electron chi connectivity index (χ1n) is 7.83. The average molecular weight is 367 g/mol. The van der Waals surface area contributed by atoms with E-state index in [9.17, 15) is 13.2 Å². The van der Waals surface area contributed by atoms with Crippen LogP contribution >= 0.6 is 0 Å². The summed E-state index contributed by atoms with van der Waals surface area (Å²) >= 11 is 0. The molecule has 2 aromatic rings. The molecule has 5 nitrogen and oxygen atoms in total. The Labute approximate surface area is 149 Å². The summed E-state index contributed by atoms with van der Waals surface area (Å²) in [5.41, 5.74) is 0.988. The summed E-state index contributed by atoms with van der Waals surface area (Å²) in [4.78, 5) is 4.03. The van der Waals surface area contributed by atoms with Gasteiger partial charge in [-0.2, -0.15) is 8.78 Å². The third-order valence-electron chi connectivity index (χ3n) is 3.57. The maximum atomic E-state index is 13.9. The Hall–Kier alpha value is -2.90. The number of rotatable bonds is 7. The maximum absolute atomic E-state index is 13.9. The molecule has 0 saturated carbocycles. The van der Waals surface area contributed by atoms with Gasteiger partial charge in [0.05, 0.1) is 7.11 Å². The second-order valence-electron chi connectivity index (χ2n) is 5.22. The van der Waals surface area contributed by atoms with Gasteiger partial charge in [-0.3, -0.25) is 4.99 Å². The van der Waals surface area contributed by atoms with Gasteiger partial charge in [0.25, 0.3) is 0 Å². The van der Waals surface area contributed by atoms with Crippen LogP contribution in [-0.2, 0) is 13.1 Å². The molecular formula is C18H20F3N3O2. The molecule has 0 fully saturated rings. The van der Waals surface area contributed by atoms with Gasteiger partial charge in [0, 0.05) is 25.7 Å². The second-order valence-corrected chi connectivity index (χ2v) is 5.22. The SMILES string of the molecule is CN=C(NCc1ccc(OC)cc1)NCc1c(F)cccc1OC(F)F. The molecule has 0 spiro atoms. The molecule has 8 heteroatoms. The Morgan fingerprint density at radius 2 is 1.77 bits per heavy atom. The van der Waals surface area contributed by atoms with E-state index in [0.717, 1.165) is 11.3 Å². The lowest BCUT2D eigenvalue weighted by molar-refractivity contribution is -0.0506. The van der Waals surface area contributed by atoms with E-state index < -0.39 is 12.4 Å². The molecule has 0 saturated heterocycles. The Balaban J connectivity index is 1.96. The van der Waals surface area contributed by atoms with Gasteiger partial charge >= 0.3 is 6.61 Å². The fourth-order valence-electron chi connectivity index (χ4n) is 2.24. The van der Waals surface area contributed by atoms with Gasteiger partial charge < -0.3 is 20.1 Å². The van der Waals surface area contributed by atoms with E-state index in [0.29, 0.717) is 12.5 Å². The third kappa shape index (κ3) is 5.58. The highest BCUT2D eigenvalue weighted by Gasteiger charge is 2.14. The minimum atomic E-state index is -3.02. The molecule has 2 N–H and O–H groups in total. The fourth-order valence-corrected chi connectivity index (χ4v) is 2.24. The summed E-state index contributed by atoms with van der Waals surface area (Å²) in [6.45, 7) is -2.61. The lowest BCUT2D eigenvalue weighted by atomic mass is 10.2. The molecule has 0 unspecified atom stereocenters. The van der Waals surface area contributed by atoms with Crippen molar-refractivity contribution in [2.75, 3.05) is 14.2 Å². The van der Waals surface area contributed by atoms with E-state index in [4.69, 9.17) is 4.74 Å². The number of hydrogen-bond acceptors (Lipinski definition) is 3. The predicted octanol–water partition coefficient (Wildman–Crippen LogP) is 3.30. The highest BCUT2D eigenvalue weighted by molar-refractivity contribution is 5.79. The van der Waals surface area contributed by atoms with Crippen LogP contribution in [0.1, 0.15) is 11.1 Å². The molecule has 0 bridgehead atoms. The molecule has 0 aliphatic heterocycles. The lowest BCUT2D eigenvalue weighted by Gasteiger charge is -2.15. The van der Waals surface area contributed by atoms with Crippen LogP contribution in [0, 0.1) is 5.82 Å². The molecular weight excluding hydrogens is 347 g/mol. The van der Waals surface area contributed by atoms with Crippen molar-refractivity contribution in [2.24, 2.45) is 4.99 Å². The topological polar surface area (TPSA) is 54.9 Å². The first kappa shape index (κ1) is 19.4. The molecule has 2 aromatic carbocycles. The highest BCUT2D eigenvalue weighted by atomic mass is 19.3. The van der Waals surface area contributed by atoms with Crippen LogP contribution in [-0.4, -0.2) is 26.7 Å². The molecule has 0 radical (unpaired) electrons. The smallest absolute Gasteiger partial charge is 0.387 e. The van der Waals surface area contributed by atoms with Gasteiger partial charge in [0.2, 0.25) is 0 Å². The first-order chi connectivity index (χ1) is 12.5. The summed E-state index contributed by atoms with van der Waals surface area (Å²) in [7, 11) is 3.15. The zero-order chi connectivity index (χ0) is 18.9. The predicted molar refractivity (Wildman–Crippen MR) is 93.1 cm³/mol. The molecule has 0 aliphatic carbocycles. The number of ether oxygens (including phenoxy) is 2. The van der Waals surface area contributed by atoms with E-state index in [1.54, 1.807) is 14.2 Å². The second kappa shape index (κ2) is 9.55. The van der Waals surface area contributed by atoms with Crippen molar-refractivity contribution in [3.63, 3.8) is 0 Å². The summed E-state index contributed by atoms with van der Waals surface area (Å²) in [5, 5.41) is 5.94. The molecule has 0 aliphatic rings. The van der Waals surface area contributed by atoms with Gasteiger partial charge in [-0.15, -0.1) is 0 Å². The summed E-state index contributed by atoms with van der Waals surface area (Å²) in [5.74, 6) is 0.300. The van der Waals surface area contributed by atoms with E-state index >= 15 is 0 Å². The molecule has 140 valence electrons. The van der Waals surface area contributed by atoms with Gasteiger partial charge in [0.1, 0.15) is 17.3 Å².